The van der Waals surface area contributed by atoms with Crippen LogP contribution in [-0.4, -0.2) is 23.2 Å². The van der Waals surface area contributed by atoms with E-state index in [-0.39, 0.29) is 5.56 Å². The first-order valence-electron chi connectivity index (χ1n) is 7.76. The van der Waals surface area contributed by atoms with E-state index in [0.29, 0.717) is 29.1 Å². The topological polar surface area (TPSA) is 71.2 Å². The summed E-state index contributed by atoms with van der Waals surface area (Å²) in [5.74, 6) is -4.04. The van der Waals surface area contributed by atoms with E-state index in [4.69, 9.17) is 0 Å². The van der Waals surface area contributed by atoms with Crippen molar-refractivity contribution in [3.63, 3.8) is 0 Å². The number of rotatable bonds is 3. The molecule has 5 nitrogen and oxygen atoms in total. The number of carbonyl (C=O) groups excluding carboxylic acids is 2. The highest BCUT2D eigenvalue weighted by atomic mass is 19.4. The van der Waals surface area contributed by atoms with Crippen LogP contribution in [0, 0.1) is 11.6 Å². The van der Waals surface area contributed by atoms with E-state index < -0.39 is 41.5 Å². The standard InChI is InChI=1S/C18H11F5N2O3/c19-12-3-1-10(8-13(12)20)15(18(21,22)23)25-17(27)28-16(26)11-2-4-14-9(7-11)5-6-24-14/h1-8,15,24H,(H,25,27). The van der Waals surface area contributed by atoms with E-state index in [2.05, 4.69) is 9.72 Å². The molecule has 0 saturated heterocycles. The van der Waals surface area contributed by atoms with Crippen LogP contribution in [0.3, 0.4) is 0 Å². The lowest BCUT2D eigenvalue weighted by molar-refractivity contribution is -0.155. The number of H-pyrrole nitrogens is 1. The van der Waals surface area contributed by atoms with Crippen LogP contribution in [-0.2, 0) is 4.74 Å². The van der Waals surface area contributed by atoms with E-state index in [1.54, 1.807) is 12.3 Å². The van der Waals surface area contributed by atoms with Crippen LogP contribution < -0.4 is 5.32 Å². The highest BCUT2D eigenvalue weighted by Gasteiger charge is 2.43. The van der Waals surface area contributed by atoms with Gasteiger partial charge in [-0.1, -0.05) is 6.07 Å². The molecule has 3 aromatic rings. The van der Waals surface area contributed by atoms with Crippen LogP contribution >= 0.6 is 0 Å². The number of alkyl halides is 3. The minimum Gasteiger partial charge on any atom is -0.373 e. The Kier molecular flexibility index (Phi) is 5.04. The minimum atomic E-state index is -5.05. The number of carbonyl (C=O) groups is 2. The Hall–Kier alpha value is -3.43. The summed E-state index contributed by atoms with van der Waals surface area (Å²) in [7, 11) is 0. The van der Waals surface area contributed by atoms with Crippen LogP contribution in [0.5, 0.6) is 0 Å². The van der Waals surface area contributed by atoms with Gasteiger partial charge in [-0.2, -0.15) is 13.2 Å². The Morgan fingerprint density at radius 3 is 2.43 bits per heavy atom. The number of aromatic nitrogens is 1. The molecule has 3 rings (SSSR count). The van der Waals surface area contributed by atoms with Crippen molar-refractivity contribution in [2.75, 3.05) is 0 Å². The van der Waals surface area contributed by atoms with Crippen LogP contribution in [0.2, 0.25) is 0 Å². The molecule has 2 N–H and O–H groups in total. The summed E-state index contributed by atoms with van der Waals surface area (Å²) in [5.41, 5.74) is -0.111. The third kappa shape index (κ3) is 4.11. The van der Waals surface area contributed by atoms with Crippen molar-refractivity contribution in [3.05, 3.63) is 71.4 Å². The molecule has 2 aromatic carbocycles. The number of hydrogen-bond acceptors (Lipinski definition) is 3. The summed E-state index contributed by atoms with van der Waals surface area (Å²) >= 11 is 0. The molecule has 146 valence electrons. The zero-order valence-electron chi connectivity index (χ0n) is 13.8. The molecular formula is C18H11F5N2O3. The van der Waals surface area contributed by atoms with Crippen molar-refractivity contribution in [1.82, 2.24) is 10.3 Å². The fraction of sp³-hybridized carbons (Fsp3) is 0.111. The van der Waals surface area contributed by atoms with E-state index in [1.165, 1.54) is 23.5 Å². The quantitative estimate of drug-likeness (QED) is 0.384. The van der Waals surface area contributed by atoms with Crippen LogP contribution in [0.25, 0.3) is 10.9 Å². The average molecular weight is 398 g/mol. The maximum atomic E-state index is 13.3. The summed E-state index contributed by atoms with van der Waals surface area (Å²) in [6.45, 7) is 0. The van der Waals surface area contributed by atoms with Gasteiger partial charge in [0.15, 0.2) is 17.7 Å². The van der Waals surface area contributed by atoms with Gasteiger partial charge in [-0.3, -0.25) is 0 Å². The van der Waals surface area contributed by atoms with Crippen molar-refractivity contribution in [2.45, 2.75) is 12.2 Å². The van der Waals surface area contributed by atoms with Crippen LogP contribution in [0.15, 0.2) is 48.7 Å². The molecule has 0 fully saturated rings. The summed E-state index contributed by atoms with van der Waals surface area (Å²) in [4.78, 5) is 26.7. The lowest BCUT2D eigenvalue weighted by atomic mass is 10.1. The number of amides is 1. The third-order valence-corrected chi connectivity index (χ3v) is 3.84. The second kappa shape index (κ2) is 7.29. The molecule has 0 spiro atoms. The molecule has 1 aromatic heterocycles. The number of benzene rings is 2. The number of aromatic amines is 1. The van der Waals surface area contributed by atoms with Gasteiger partial charge in [0.1, 0.15) is 0 Å². The highest BCUT2D eigenvalue weighted by Crippen LogP contribution is 2.33. The number of esters is 1. The average Bonchev–Trinajstić information content (AvgIpc) is 3.09. The highest BCUT2D eigenvalue weighted by molar-refractivity contribution is 5.99. The van der Waals surface area contributed by atoms with Crippen LogP contribution in [0.4, 0.5) is 26.7 Å². The molecule has 0 bridgehead atoms. The zero-order valence-corrected chi connectivity index (χ0v) is 13.8. The van der Waals surface area contributed by atoms with Crippen molar-refractivity contribution in [1.29, 1.82) is 0 Å². The van der Waals surface area contributed by atoms with Gasteiger partial charge in [0.2, 0.25) is 0 Å². The van der Waals surface area contributed by atoms with E-state index in [0.717, 1.165) is 0 Å². The fourth-order valence-electron chi connectivity index (χ4n) is 2.52. The van der Waals surface area contributed by atoms with Gasteiger partial charge in [0, 0.05) is 17.1 Å². The first-order chi connectivity index (χ1) is 13.1. The molecule has 28 heavy (non-hydrogen) atoms. The predicted molar refractivity (Wildman–Crippen MR) is 87.4 cm³/mol. The Bertz CT molecular complexity index is 1050. The molecule has 0 aliphatic carbocycles. The molecule has 10 heteroatoms. The molecule has 0 radical (unpaired) electrons. The second-order valence-electron chi connectivity index (χ2n) is 5.75. The first-order valence-corrected chi connectivity index (χ1v) is 7.76. The Labute approximate surface area is 154 Å². The molecule has 1 atom stereocenters. The van der Waals surface area contributed by atoms with Gasteiger partial charge >= 0.3 is 18.2 Å². The normalized spacial score (nSPS) is 12.6. The zero-order chi connectivity index (χ0) is 20.5. The molecular weight excluding hydrogens is 387 g/mol. The van der Waals surface area contributed by atoms with Gasteiger partial charge in [-0.05, 0) is 42.0 Å². The minimum absolute atomic E-state index is 0.0568. The number of nitrogens with one attached hydrogen (secondary N) is 2. The molecule has 0 aliphatic heterocycles. The summed E-state index contributed by atoms with van der Waals surface area (Å²) in [5, 5.41) is 2.08. The lowest BCUT2D eigenvalue weighted by Gasteiger charge is -2.21. The molecule has 0 saturated carbocycles. The van der Waals surface area contributed by atoms with E-state index in [9.17, 15) is 31.5 Å². The fourth-order valence-corrected chi connectivity index (χ4v) is 2.52. The number of hydrogen-bond donors (Lipinski definition) is 2. The largest absolute Gasteiger partial charge is 0.415 e. The Morgan fingerprint density at radius 2 is 1.75 bits per heavy atom. The van der Waals surface area contributed by atoms with Crippen molar-refractivity contribution in [3.8, 4) is 0 Å². The SMILES string of the molecule is O=C(NC(c1ccc(F)c(F)c1)C(F)(F)F)OC(=O)c1ccc2[nH]ccc2c1. The van der Waals surface area contributed by atoms with Gasteiger partial charge in [0.25, 0.3) is 0 Å². The maximum absolute atomic E-state index is 13.3. The van der Waals surface area contributed by atoms with Gasteiger partial charge in [-0.15, -0.1) is 0 Å². The summed E-state index contributed by atoms with van der Waals surface area (Å²) in [6.07, 6.45) is -5.12. The van der Waals surface area contributed by atoms with Crippen molar-refractivity contribution >= 4 is 23.0 Å². The second-order valence-corrected chi connectivity index (χ2v) is 5.75. The number of ether oxygens (including phenoxy) is 1. The lowest BCUT2D eigenvalue weighted by Crippen LogP contribution is -2.39. The van der Waals surface area contributed by atoms with Gasteiger partial charge < -0.3 is 15.0 Å². The van der Waals surface area contributed by atoms with Crippen molar-refractivity contribution in [2.24, 2.45) is 0 Å². The van der Waals surface area contributed by atoms with Crippen molar-refractivity contribution < 1.29 is 36.3 Å². The monoisotopic (exact) mass is 398 g/mol. The number of halogens is 5. The maximum Gasteiger partial charge on any atom is 0.415 e. The molecule has 1 heterocycles. The Balaban J connectivity index is 1.76. The van der Waals surface area contributed by atoms with E-state index >= 15 is 0 Å². The number of alkyl carbamates (subject to hydrolysis) is 1. The van der Waals surface area contributed by atoms with E-state index in [1.807, 2.05) is 0 Å². The molecule has 0 aliphatic rings. The third-order valence-electron chi connectivity index (χ3n) is 3.84. The predicted octanol–water partition coefficient (Wildman–Crippen LogP) is 4.62. The first kappa shape index (κ1) is 19.3. The van der Waals surface area contributed by atoms with Gasteiger partial charge in [0.05, 0.1) is 5.56 Å². The Morgan fingerprint density at radius 1 is 1.00 bits per heavy atom. The molecule has 1 unspecified atom stereocenters. The smallest absolute Gasteiger partial charge is 0.373 e. The summed E-state index contributed by atoms with van der Waals surface area (Å²) < 4.78 is 70.3. The van der Waals surface area contributed by atoms with Gasteiger partial charge in [-0.25, -0.2) is 18.4 Å². The van der Waals surface area contributed by atoms with Crippen LogP contribution in [0.1, 0.15) is 22.0 Å². The number of fused-ring (bicyclic) bond motifs is 1. The molecule has 1 amide bonds. The summed E-state index contributed by atoms with van der Waals surface area (Å²) in [6, 6.07) is 4.65.